The second kappa shape index (κ2) is 6.94. The molecule has 144 valence electrons. The number of amides is 1. The van der Waals surface area contributed by atoms with E-state index in [-0.39, 0.29) is 12.7 Å². The molecule has 2 aromatic heterocycles. The number of nitrogens with one attached hydrogen (secondary N) is 1. The number of hydrogen-bond donors (Lipinski definition) is 1. The zero-order valence-corrected chi connectivity index (χ0v) is 15.8. The largest absolute Gasteiger partial charge is 0.454 e. The van der Waals surface area contributed by atoms with Crippen molar-refractivity contribution in [1.29, 1.82) is 0 Å². The van der Waals surface area contributed by atoms with Crippen LogP contribution in [0.2, 0.25) is 0 Å². The van der Waals surface area contributed by atoms with Crippen LogP contribution in [0, 0.1) is 6.92 Å². The number of hydrogen-bond acceptors (Lipinski definition) is 5. The van der Waals surface area contributed by atoms with Crippen molar-refractivity contribution in [3.8, 4) is 22.8 Å². The predicted octanol–water partition coefficient (Wildman–Crippen LogP) is 3.36. The highest BCUT2D eigenvalue weighted by Crippen LogP contribution is 2.32. The average Bonchev–Trinajstić information content (AvgIpc) is 3.39. The van der Waals surface area contributed by atoms with E-state index in [1.807, 2.05) is 61.5 Å². The Balaban J connectivity index is 1.37. The highest BCUT2D eigenvalue weighted by atomic mass is 16.7. The molecule has 0 bridgehead atoms. The lowest BCUT2D eigenvalue weighted by molar-refractivity contribution is 0.0946. The minimum atomic E-state index is -0.240. The molecule has 7 nitrogen and oxygen atoms in total. The van der Waals surface area contributed by atoms with E-state index in [1.165, 1.54) is 0 Å². The van der Waals surface area contributed by atoms with Crippen LogP contribution in [-0.2, 0) is 6.54 Å². The molecule has 1 aliphatic heterocycles. The normalized spacial score (nSPS) is 12.3. The minimum Gasteiger partial charge on any atom is -0.454 e. The Kier molecular flexibility index (Phi) is 4.13. The quantitative estimate of drug-likeness (QED) is 0.582. The summed E-state index contributed by atoms with van der Waals surface area (Å²) in [5.74, 6) is 1.17. The van der Waals surface area contributed by atoms with Gasteiger partial charge in [0.1, 0.15) is 5.69 Å². The van der Waals surface area contributed by atoms with Crippen molar-refractivity contribution in [3.05, 3.63) is 77.6 Å². The fourth-order valence-corrected chi connectivity index (χ4v) is 3.32. The Bertz CT molecular complexity index is 1220. The lowest BCUT2D eigenvalue weighted by atomic mass is 10.2. The van der Waals surface area contributed by atoms with Crippen LogP contribution < -0.4 is 14.8 Å². The van der Waals surface area contributed by atoms with Crippen LogP contribution in [0.25, 0.3) is 16.9 Å². The third kappa shape index (κ3) is 3.27. The number of rotatable bonds is 4. The summed E-state index contributed by atoms with van der Waals surface area (Å²) >= 11 is 0. The maximum absolute atomic E-state index is 12.7. The van der Waals surface area contributed by atoms with E-state index in [0.29, 0.717) is 23.6 Å². The first-order valence-electron chi connectivity index (χ1n) is 9.27. The average molecular weight is 386 g/mol. The monoisotopic (exact) mass is 386 g/mol. The number of carbonyl (C=O) groups is 1. The van der Waals surface area contributed by atoms with Crippen LogP contribution in [0.4, 0.5) is 0 Å². The summed E-state index contributed by atoms with van der Waals surface area (Å²) in [6, 6.07) is 19.1. The molecular formula is C22H18N4O3. The number of fused-ring (bicyclic) bond motifs is 2. The second-order valence-electron chi connectivity index (χ2n) is 6.82. The van der Waals surface area contributed by atoms with E-state index in [1.54, 1.807) is 10.6 Å². The summed E-state index contributed by atoms with van der Waals surface area (Å²) < 4.78 is 12.4. The molecular weight excluding hydrogens is 368 g/mol. The van der Waals surface area contributed by atoms with Crippen molar-refractivity contribution in [2.45, 2.75) is 13.5 Å². The highest BCUT2D eigenvalue weighted by molar-refractivity contribution is 5.92. The minimum absolute atomic E-state index is 0.227. The second-order valence-corrected chi connectivity index (χ2v) is 6.82. The van der Waals surface area contributed by atoms with Crippen LogP contribution >= 0.6 is 0 Å². The maximum atomic E-state index is 12.7. The Hall–Kier alpha value is -3.87. The number of benzene rings is 2. The van der Waals surface area contributed by atoms with Crippen LogP contribution in [0.1, 0.15) is 21.7 Å². The first-order valence-corrected chi connectivity index (χ1v) is 9.27. The molecule has 0 aliphatic carbocycles. The number of nitrogens with zero attached hydrogens (tertiary/aromatic N) is 3. The van der Waals surface area contributed by atoms with Crippen LogP contribution in [0.3, 0.4) is 0 Å². The van der Waals surface area contributed by atoms with Gasteiger partial charge in [0.25, 0.3) is 5.91 Å². The van der Waals surface area contributed by atoms with E-state index in [2.05, 4.69) is 15.4 Å². The molecule has 0 saturated carbocycles. The molecule has 1 amide bonds. The molecule has 0 unspecified atom stereocenters. The zero-order chi connectivity index (χ0) is 19.8. The number of aromatic nitrogens is 3. The van der Waals surface area contributed by atoms with Crippen molar-refractivity contribution in [2.75, 3.05) is 6.79 Å². The third-order valence-corrected chi connectivity index (χ3v) is 4.80. The SMILES string of the molecule is Cc1cc(C(=O)NCc2ccc3c(c2)OCO3)nc2cc(-c3ccccc3)nn12. The van der Waals surface area contributed by atoms with Gasteiger partial charge in [-0.05, 0) is 30.7 Å². The van der Waals surface area contributed by atoms with Crippen LogP contribution in [0.15, 0.2) is 60.7 Å². The van der Waals surface area contributed by atoms with Crippen molar-refractivity contribution in [2.24, 2.45) is 0 Å². The molecule has 5 rings (SSSR count). The van der Waals surface area contributed by atoms with Gasteiger partial charge in [-0.2, -0.15) is 5.10 Å². The van der Waals surface area contributed by atoms with Crippen molar-refractivity contribution < 1.29 is 14.3 Å². The van der Waals surface area contributed by atoms with Gasteiger partial charge >= 0.3 is 0 Å². The summed E-state index contributed by atoms with van der Waals surface area (Å²) in [4.78, 5) is 17.2. The molecule has 1 N–H and O–H groups in total. The molecule has 7 heteroatoms. The topological polar surface area (TPSA) is 77.8 Å². The van der Waals surface area contributed by atoms with Gasteiger partial charge in [0, 0.05) is 23.9 Å². The molecule has 2 aromatic carbocycles. The Morgan fingerprint density at radius 2 is 1.90 bits per heavy atom. The Morgan fingerprint density at radius 3 is 2.76 bits per heavy atom. The molecule has 29 heavy (non-hydrogen) atoms. The molecule has 0 radical (unpaired) electrons. The van der Waals surface area contributed by atoms with Gasteiger partial charge in [0.2, 0.25) is 6.79 Å². The summed E-state index contributed by atoms with van der Waals surface area (Å²) in [5.41, 5.74) is 4.58. The van der Waals surface area contributed by atoms with E-state index in [0.717, 1.165) is 28.3 Å². The smallest absolute Gasteiger partial charge is 0.270 e. The molecule has 0 fully saturated rings. The number of aryl methyl sites for hydroxylation is 1. The van der Waals surface area contributed by atoms with E-state index in [4.69, 9.17) is 9.47 Å². The van der Waals surface area contributed by atoms with Gasteiger partial charge in [0.15, 0.2) is 17.1 Å². The molecule has 0 spiro atoms. The van der Waals surface area contributed by atoms with Crippen molar-refractivity contribution >= 4 is 11.6 Å². The van der Waals surface area contributed by atoms with Gasteiger partial charge in [-0.25, -0.2) is 9.50 Å². The molecule has 1 aliphatic rings. The fraction of sp³-hybridized carbons (Fsp3) is 0.136. The number of ether oxygens (including phenoxy) is 2. The van der Waals surface area contributed by atoms with Gasteiger partial charge in [-0.3, -0.25) is 4.79 Å². The lowest BCUT2D eigenvalue weighted by Crippen LogP contribution is -2.24. The Labute approximate surface area is 166 Å². The maximum Gasteiger partial charge on any atom is 0.270 e. The fourth-order valence-electron chi connectivity index (χ4n) is 3.32. The predicted molar refractivity (Wildman–Crippen MR) is 107 cm³/mol. The summed E-state index contributed by atoms with van der Waals surface area (Å²) in [6.07, 6.45) is 0. The lowest BCUT2D eigenvalue weighted by Gasteiger charge is -2.07. The summed E-state index contributed by atoms with van der Waals surface area (Å²) in [7, 11) is 0. The summed E-state index contributed by atoms with van der Waals surface area (Å²) in [5, 5.41) is 7.52. The summed E-state index contributed by atoms with van der Waals surface area (Å²) in [6.45, 7) is 2.51. The van der Waals surface area contributed by atoms with Gasteiger partial charge < -0.3 is 14.8 Å². The molecule has 3 heterocycles. The molecule has 4 aromatic rings. The van der Waals surface area contributed by atoms with E-state index >= 15 is 0 Å². The zero-order valence-electron chi connectivity index (χ0n) is 15.8. The highest BCUT2D eigenvalue weighted by Gasteiger charge is 2.15. The van der Waals surface area contributed by atoms with Crippen molar-refractivity contribution in [3.63, 3.8) is 0 Å². The first kappa shape index (κ1) is 17.2. The molecule has 0 atom stereocenters. The van der Waals surface area contributed by atoms with Crippen LogP contribution in [-0.4, -0.2) is 27.3 Å². The number of carbonyl (C=O) groups excluding carboxylic acids is 1. The standard InChI is InChI=1S/C22H18N4O3/c1-14-9-18(22(27)23-12-15-7-8-19-20(10-15)29-13-28-19)24-21-11-17(25-26(14)21)16-5-3-2-4-6-16/h2-11H,12-13H2,1H3,(H,23,27). The van der Waals surface area contributed by atoms with E-state index < -0.39 is 0 Å². The third-order valence-electron chi connectivity index (χ3n) is 4.80. The van der Waals surface area contributed by atoms with Gasteiger partial charge in [0.05, 0.1) is 5.69 Å². The first-order chi connectivity index (χ1) is 14.2. The van der Waals surface area contributed by atoms with Crippen molar-refractivity contribution in [1.82, 2.24) is 19.9 Å². The van der Waals surface area contributed by atoms with Gasteiger partial charge in [-0.1, -0.05) is 36.4 Å². The van der Waals surface area contributed by atoms with Gasteiger partial charge in [-0.15, -0.1) is 0 Å². The van der Waals surface area contributed by atoms with E-state index in [9.17, 15) is 4.79 Å². The Morgan fingerprint density at radius 1 is 1.07 bits per heavy atom. The molecule has 0 saturated heterocycles. The van der Waals surface area contributed by atoms with Crippen LogP contribution in [0.5, 0.6) is 11.5 Å².